The van der Waals surface area contributed by atoms with Crippen molar-refractivity contribution in [2.45, 2.75) is 20.3 Å². The summed E-state index contributed by atoms with van der Waals surface area (Å²) >= 11 is 3.21. The number of hydrogen-bond donors (Lipinski definition) is 0. The highest BCUT2D eigenvalue weighted by Gasteiger charge is 2.18. The third-order valence-corrected chi connectivity index (χ3v) is 6.37. The molecule has 0 fully saturated rings. The van der Waals surface area contributed by atoms with Gasteiger partial charge >= 0.3 is 0 Å². The van der Waals surface area contributed by atoms with E-state index in [9.17, 15) is 4.79 Å². The Kier molecular flexibility index (Phi) is 6.42. The Morgan fingerprint density at radius 2 is 2.00 bits per heavy atom. The lowest BCUT2D eigenvalue weighted by molar-refractivity contribution is -0.114. The van der Waals surface area contributed by atoms with Gasteiger partial charge < -0.3 is 4.90 Å². The fourth-order valence-corrected chi connectivity index (χ4v) is 4.48. The van der Waals surface area contributed by atoms with Gasteiger partial charge in [0.25, 0.3) is 5.91 Å². The van der Waals surface area contributed by atoms with Gasteiger partial charge in [-0.2, -0.15) is 0 Å². The molecule has 4 nitrogen and oxygen atoms in total. The van der Waals surface area contributed by atoms with E-state index in [1.807, 2.05) is 42.6 Å². The zero-order chi connectivity index (χ0) is 19.4. The maximum Gasteiger partial charge on any atom is 0.252 e. The molecule has 3 rings (SSSR count). The first kappa shape index (κ1) is 19.7. The molecular weight excluding hydrogens is 374 g/mol. The van der Waals surface area contributed by atoms with Crippen molar-refractivity contribution in [1.82, 2.24) is 9.88 Å². The van der Waals surface area contributed by atoms with Gasteiger partial charge in [-0.1, -0.05) is 23.5 Å². The van der Waals surface area contributed by atoms with Crippen LogP contribution in [0.3, 0.4) is 0 Å². The van der Waals surface area contributed by atoms with Gasteiger partial charge in [-0.25, -0.2) is 4.98 Å². The van der Waals surface area contributed by atoms with E-state index < -0.39 is 0 Å². The number of rotatable bonds is 7. The smallest absolute Gasteiger partial charge is 0.252 e. The number of carbonyl (C=O) groups is 1. The number of amides is 1. The largest absolute Gasteiger partial charge is 0.309 e. The highest BCUT2D eigenvalue weighted by Crippen LogP contribution is 2.32. The van der Waals surface area contributed by atoms with E-state index in [1.54, 1.807) is 28.7 Å². The number of anilines is 1. The van der Waals surface area contributed by atoms with Gasteiger partial charge in [0, 0.05) is 17.5 Å². The van der Waals surface area contributed by atoms with Crippen molar-refractivity contribution < 1.29 is 4.79 Å². The molecule has 3 aromatic rings. The Morgan fingerprint density at radius 1 is 1.19 bits per heavy atom. The van der Waals surface area contributed by atoms with E-state index in [0.29, 0.717) is 6.54 Å². The van der Waals surface area contributed by atoms with Gasteiger partial charge in [0.15, 0.2) is 5.13 Å². The molecule has 0 saturated carbocycles. The molecule has 142 valence electrons. The molecule has 0 aliphatic rings. The molecule has 6 heteroatoms. The van der Waals surface area contributed by atoms with E-state index in [4.69, 9.17) is 4.98 Å². The maximum atomic E-state index is 12.9. The molecule has 2 aromatic heterocycles. The molecular formula is C21H25N3OS2. The Hall–Kier alpha value is -2.02. The molecule has 0 N–H and O–H groups in total. The average molecular weight is 400 g/mol. The monoisotopic (exact) mass is 399 g/mol. The second kappa shape index (κ2) is 8.78. The summed E-state index contributed by atoms with van der Waals surface area (Å²) in [7, 11) is 4.10. The number of fused-ring (bicyclic) bond motifs is 1. The number of aromatic nitrogens is 1. The molecule has 0 aliphatic carbocycles. The summed E-state index contributed by atoms with van der Waals surface area (Å²) in [6.07, 6.45) is 4.44. The fraction of sp³-hybridized carbons (Fsp3) is 0.333. The number of aryl methyl sites for hydroxylation is 2. The lowest BCUT2D eigenvalue weighted by atomic mass is 10.1. The summed E-state index contributed by atoms with van der Waals surface area (Å²) in [6.45, 7) is 5.78. The summed E-state index contributed by atoms with van der Waals surface area (Å²) in [5.74, 6) is -0.0180. The first-order chi connectivity index (χ1) is 13.0. The molecule has 2 heterocycles. The van der Waals surface area contributed by atoms with Gasteiger partial charge in [0.1, 0.15) is 0 Å². The fourth-order valence-electron chi connectivity index (χ4n) is 2.80. The van der Waals surface area contributed by atoms with Gasteiger partial charge in [-0.15, -0.1) is 11.3 Å². The van der Waals surface area contributed by atoms with E-state index >= 15 is 0 Å². The zero-order valence-electron chi connectivity index (χ0n) is 16.2. The van der Waals surface area contributed by atoms with Crippen LogP contribution in [-0.2, 0) is 4.79 Å². The van der Waals surface area contributed by atoms with Crippen LogP contribution in [0.2, 0.25) is 0 Å². The van der Waals surface area contributed by atoms with E-state index in [1.165, 1.54) is 11.1 Å². The predicted molar refractivity (Wildman–Crippen MR) is 118 cm³/mol. The summed E-state index contributed by atoms with van der Waals surface area (Å²) in [6, 6.07) is 8.22. The average Bonchev–Trinajstić information content (AvgIpc) is 3.29. The molecule has 0 unspecified atom stereocenters. The van der Waals surface area contributed by atoms with Crippen LogP contribution in [0.4, 0.5) is 5.13 Å². The summed E-state index contributed by atoms with van der Waals surface area (Å²) in [5, 5.41) is 2.79. The number of hydrogen-bond acceptors (Lipinski definition) is 5. The predicted octanol–water partition coefficient (Wildman–Crippen LogP) is 4.97. The van der Waals surface area contributed by atoms with Gasteiger partial charge in [0.2, 0.25) is 0 Å². The van der Waals surface area contributed by atoms with Crippen molar-refractivity contribution in [3.63, 3.8) is 0 Å². The molecule has 0 spiro atoms. The van der Waals surface area contributed by atoms with Gasteiger partial charge in [0.05, 0.1) is 10.2 Å². The third-order valence-electron chi connectivity index (χ3n) is 4.49. The van der Waals surface area contributed by atoms with Crippen LogP contribution in [0.5, 0.6) is 0 Å². The molecule has 0 bridgehead atoms. The number of thiazole rings is 1. The molecule has 0 aliphatic heterocycles. The van der Waals surface area contributed by atoms with Crippen LogP contribution in [0.25, 0.3) is 16.3 Å². The van der Waals surface area contributed by atoms with E-state index in [0.717, 1.165) is 33.2 Å². The van der Waals surface area contributed by atoms with Crippen LogP contribution in [0.15, 0.2) is 35.7 Å². The second-order valence-electron chi connectivity index (χ2n) is 6.85. The summed E-state index contributed by atoms with van der Waals surface area (Å²) < 4.78 is 1.13. The Morgan fingerprint density at radius 3 is 2.70 bits per heavy atom. The Labute approximate surface area is 168 Å². The minimum atomic E-state index is -0.0180. The maximum absolute atomic E-state index is 12.9. The highest BCUT2D eigenvalue weighted by atomic mass is 32.1. The van der Waals surface area contributed by atoms with Crippen LogP contribution in [0.1, 0.15) is 22.4 Å². The lowest BCUT2D eigenvalue weighted by Crippen LogP contribution is -2.32. The van der Waals surface area contributed by atoms with Crippen LogP contribution in [0, 0.1) is 13.8 Å². The zero-order valence-corrected chi connectivity index (χ0v) is 17.9. The number of carbonyl (C=O) groups excluding carboxylic acids is 1. The summed E-state index contributed by atoms with van der Waals surface area (Å²) in [5.41, 5.74) is 3.41. The number of nitrogens with zero attached hydrogens (tertiary/aromatic N) is 3. The first-order valence-electron chi connectivity index (χ1n) is 9.00. The molecule has 0 saturated heterocycles. The van der Waals surface area contributed by atoms with E-state index in [-0.39, 0.29) is 5.91 Å². The summed E-state index contributed by atoms with van der Waals surface area (Å²) in [4.78, 5) is 22.8. The van der Waals surface area contributed by atoms with Crippen molar-refractivity contribution >= 4 is 50.0 Å². The molecule has 1 aromatic carbocycles. The SMILES string of the molecule is Cc1ccc2sc(N(CCCN(C)C)C(=O)/C=C/c3cccs3)nc2c1C. The van der Waals surface area contributed by atoms with Gasteiger partial charge in [-0.05, 0) is 75.6 Å². The number of thiophene rings is 1. The van der Waals surface area contributed by atoms with E-state index in [2.05, 4.69) is 30.9 Å². The standard InChI is InChI=1S/C21H25N3OS2/c1-15-8-10-18-20(16(15)2)22-21(27-18)24(13-6-12-23(3)4)19(25)11-9-17-7-5-14-26-17/h5,7-11,14H,6,12-13H2,1-4H3/b11-9+. The normalized spacial score (nSPS) is 11.7. The highest BCUT2D eigenvalue weighted by molar-refractivity contribution is 7.22. The van der Waals surface area contributed by atoms with Crippen molar-refractivity contribution in [3.8, 4) is 0 Å². The Bertz CT molecular complexity index is 942. The van der Waals surface area contributed by atoms with Crippen LogP contribution in [-0.4, -0.2) is 43.0 Å². The van der Waals surface area contributed by atoms with Crippen LogP contribution < -0.4 is 4.90 Å². The second-order valence-corrected chi connectivity index (χ2v) is 8.83. The van der Waals surface area contributed by atoms with Crippen LogP contribution >= 0.6 is 22.7 Å². The lowest BCUT2D eigenvalue weighted by Gasteiger charge is -2.19. The minimum Gasteiger partial charge on any atom is -0.309 e. The Balaban J connectivity index is 1.89. The van der Waals surface area contributed by atoms with Crippen molar-refractivity contribution in [3.05, 3.63) is 51.7 Å². The molecule has 27 heavy (non-hydrogen) atoms. The molecule has 1 amide bonds. The van der Waals surface area contributed by atoms with Crippen molar-refractivity contribution in [2.75, 3.05) is 32.1 Å². The van der Waals surface area contributed by atoms with Gasteiger partial charge in [-0.3, -0.25) is 9.69 Å². The van der Waals surface area contributed by atoms with Crippen molar-refractivity contribution in [1.29, 1.82) is 0 Å². The van der Waals surface area contributed by atoms with Crippen molar-refractivity contribution in [2.24, 2.45) is 0 Å². The molecule has 0 atom stereocenters. The molecule has 0 radical (unpaired) electrons. The third kappa shape index (κ3) is 4.83. The quantitative estimate of drug-likeness (QED) is 0.526. The number of benzene rings is 1. The first-order valence-corrected chi connectivity index (χ1v) is 10.7. The minimum absolute atomic E-state index is 0.0180. The topological polar surface area (TPSA) is 36.4 Å².